The van der Waals surface area contributed by atoms with Gasteiger partial charge in [0, 0.05) is 13.1 Å². The van der Waals surface area contributed by atoms with E-state index in [1.165, 1.54) is 4.68 Å². The fourth-order valence-electron chi connectivity index (χ4n) is 3.78. The van der Waals surface area contributed by atoms with Gasteiger partial charge in [-0.2, -0.15) is 5.10 Å². The normalized spacial score (nSPS) is 14.8. The number of nitrogens with one attached hydrogen (secondary N) is 1. The van der Waals surface area contributed by atoms with E-state index in [1.54, 1.807) is 52.3 Å². The zero-order valence-electron chi connectivity index (χ0n) is 17.3. The summed E-state index contributed by atoms with van der Waals surface area (Å²) in [7, 11) is -0.752. The fraction of sp³-hybridized carbons (Fsp3) is 0.500. The van der Waals surface area contributed by atoms with E-state index < -0.39 is 10.0 Å². The van der Waals surface area contributed by atoms with Gasteiger partial charge in [-0.1, -0.05) is 12.8 Å². The summed E-state index contributed by atoms with van der Waals surface area (Å²) >= 11 is 0. The molecule has 0 spiro atoms. The Bertz CT molecular complexity index is 977. The number of carbonyl (C=O) groups is 1. The molecule has 1 amide bonds. The van der Waals surface area contributed by atoms with E-state index in [0.29, 0.717) is 22.8 Å². The number of methoxy groups -OCH3 is 1. The van der Waals surface area contributed by atoms with Crippen molar-refractivity contribution >= 4 is 21.6 Å². The lowest BCUT2D eigenvalue weighted by Crippen LogP contribution is -2.43. The molecule has 0 saturated heterocycles. The molecule has 1 aromatic carbocycles. The van der Waals surface area contributed by atoms with E-state index in [1.807, 2.05) is 0 Å². The number of carbonyl (C=O) groups excluding carboxylic acids is 1. The van der Waals surface area contributed by atoms with Crippen LogP contribution in [0.2, 0.25) is 0 Å². The van der Waals surface area contributed by atoms with E-state index in [4.69, 9.17) is 4.74 Å². The lowest BCUT2D eigenvalue weighted by Gasteiger charge is -2.25. The summed E-state index contributed by atoms with van der Waals surface area (Å²) in [6.07, 6.45) is 4.03. The largest absolute Gasteiger partial charge is 0.497 e. The van der Waals surface area contributed by atoms with Crippen LogP contribution in [0.3, 0.4) is 0 Å². The van der Waals surface area contributed by atoms with Gasteiger partial charge in [0.1, 0.15) is 17.2 Å². The number of rotatable bonds is 7. The van der Waals surface area contributed by atoms with Gasteiger partial charge in [-0.3, -0.25) is 13.8 Å². The first-order chi connectivity index (χ1) is 13.7. The van der Waals surface area contributed by atoms with Crippen molar-refractivity contribution < 1.29 is 17.9 Å². The predicted molar refractivity (Wildman–Crippen MR) is 111 cm³/mol. The molecule has 3 rings (SSSR count). The number of amides is 1. The molecule has 1 aliphatic carbocycles. The smallest absolute Gasteiger partial charge is 0.268 e. The Labute approximate surface area is 171 Å². The summed E-state index contributed by atoms with van der Waals surface area (Å²) in [5.41, 5.74) is 1.33. The third-order valence-electron chi connectivity index (χ3n) is 5.36. The van der Waals surface area contributed by atoms with E-state index in [0.717, 1.165) is 30.0 Å². The summed E-state index contributed by atoms with van der Waals surface area (Å²) in [5.74, 6) is 0.297. The van der Waals surface area contributed by atoms with Crippen molar-refractivity contribution in [3.05, 3.63) is 35.7 Å². The number of sulfonamides is 1. The first-order valence-electron chi connectivity index (χ1n) is 9.70. The number of ether oxygens (including phenoxy) is 1. The summed E-state index contributed by atoms with van der Waals surface area (Å²) in [6.45, 7) is 3.07. The fourth-order valence-corrected chi connectivity index (χ4v) is 5.60. The van der Waals surface area contributed by atoms with Gasteiger partial charge in [0.25, 0.3) is 10.0 Å². The molecule has 1 fully saturated rings. The topological polar surface area (TPSA) is 93.5 Å². The molecule has 9 heteroatoms. The SMILES string of the molecule is COc1ccc(N(CC(=O)NC2CCCC2)S(=O)(=O)c2c(C)nn(C)c2C)cc1. The second-order valence-electron chi connectivity index (χ2n) is 7.38. The molecular formula is C20H28N4O4S. The third-order valence-corrected chi connectivity index (χ3v) is 7.39. The zero-order chi connectivity index (χ0) is 21.2. The minimum absolute atomic E-state index is 0.116. The summed E-state index contributed by atoms with van der Waals surface area (Å²) < 4.78 is 35.0. The van der Waals surface area contributed by atoms with Crippen molar-refractivity contribution in [2.45, 2.75) is 50.5 Å². The monoisotopic (exact) mass is 420 g/mol. The highest BCUT2D eigenvalue weighted by Crippen LogP contribution is 2.29. The Balaban J connectivity index is 1.97. The highest BCUT2D eigenvalue weighted by atomic mass is 32.2. The van der Waals surface area contributed by atoms with Crippen LogP contribution in [0, 0.1) is 13.8 Å². The second-order valence-corrected chi connectivity index (χ2v) is 9.18. The van der Waals surface area contributed by atoms with E-state index in [9.17, 15) is 13.2 Å². The van der Waals surface area contributed by atoms with Crippen LogP contribution in [0.15, 0.2) is 29.2 Å². The maximum atomic E-state index is 13.6. The average Bonchev–Trinajstić information content (AvgIpc) is 3.27. The van der Waals surface area contributed by atoms with E-state index in [2.05, 4.69) is 10.4 Å². The molecule has 0 atom stereocenters. The van der Waals surface area contributed by atoms with Crippen molar-refractivity contribution in [3.63, 3.8) is 0 Å². The molecule has 1 heterocycles. The molecule has 1 N–H and O–H groups in total. The number of benzene rings is 1. The van der Waals surface area contributed by atoms with Crippen molar-refractivity contribution in [1.29, 1.82) is 0 Å². The molecular weight excluding hydrogens is 392 g/mol. The maximum absolute atomic E-state index is 13.6. The molecule has 1 aromatic heterocycles. The lowest BCUT2D eigenvalue weighted by molar-refractivity contribution is -0.120. The van der Waals surface area contributed by atoms with Crippen molar-refractivity contribution in [2.24, 2.45) is 7.05 Å². The molecule has 1 aliphatic rings. The average molecular weight is 421 g/mol. The molecule has 29 heavy (non-hydrogen) atoms. The van der Waals surface area contributed by atoms with Gasteiger partial charge in [-0.15, -0.1) is 0 Å². The van der Waals surface area contributed by atoms with Crippen LogP contribution in [0.5, 0.6) is 5.75 Å². The summed E-state index contributed by atoms with van der Waals surface area (Å²) in [4.78, 5) is 12.8. The molecule has 8 nitrogen and oxygen atoms in total. The lowest BCUT2D eigenvalue weighted by atomic mass is 10.2. The Hall–Kier alpha value is -2.55. The van der Waals surface area contributed by atoms with Crippen LogP contribution in [0.4, 0.5) is 5.69 Å². The van der Waals surface area contributed by atoms with Crippen LogP contribution in [0.1, 0.15) is 37.1 Å². The van der Waals surface area contributed by atoms with Gasteiger partial charge in [-0.05, 0) is 51.0 Å². The van der Waals surface area contributed by atoms with Crippen molar-refractivity contribution in [3.8, 4) is 5.75 Å². The first-order valence-corrected chi connectivity index (χ1v) is 11.1. The number of hydrogen-bond donors (Lipinski definition) is 1. The third kappa shape index (κ3) is 4.39. The van der Waals surface area contributed by atoms with Gasteiger partial charge in [0.15, 0.2) is 0 Å². The number of aryl methyl sites for hydroxylation is 2. The summed E-state index contributed by atoms with van der Waals surface area (Å²) in [6, 6.07) is 6.75. The van der Waals surface area contributed by atoms with Crippen LogP contribution in [-0.2, 0) is 21.9 Å². The maximum Gasteiger partial charge on any atom is 0.268 e. The molecule has 0 bridgehead atoms. The van der Waals surface area contributed by atoms with Crippen LogP contribution >= 0.6 is 0 Å². The number of nitrogens with zero attached hydrogens (tertiary/aromatic N) is 3. The molecule has 0 radical (unpaired) electrons. The van der Waals surface area contributed by atoms with Gasteiger partial charge in [-0.25, -0.2) is 8.42 Å². The Morgan fingerprint density at radius 3 is 2.38 bits per heavy atom. The van der Waals surface area contributed by atoms with Crippen LogP contribution in [0.25, 0.3) is 0 Å². The first kappa shape index (κ1) is 21.2. The zero-order valence-corrected chi connectivity index (χ0v) is 18.1. The van der Waals surface area contributed by atoms with Gasteiger partial charge < -0.3 is 10.1 Å². The van der Waals surface area contributed by atoms with Gasteiger partial charge in [0.05, 0.1) is 24.2 Å². The predicted octanol–water partition coefficient (Wildman–Crippen LogP) is 2.30. The van der Waals surface area contributed by atoms with Crippen molar-refractivity contribution in [2.75, 3.05) is 18.0 Å². The quantitative estimate of drug-likeness (QED) is 0.742. The minimum Gasteiger partial charge on any atom is -0.497 e. The van der Waals surface area contributed by atoms with E-state index in [-0.39, 0.29) is 23.4 Å². The Morgan fingerprint density at radius 2 is 1.86 bits per heavy atom. The van der Waals surface area contributed by atoms with Gasteiger partial charge in [0.2, 0.25) is 5.91 Å². The number of hydrogen-bond acceptors (Lipinski definition) is 5. The Kier molecular flexibility index (Phi) is 6.16. The van der Waals surface area contributed by atoms with Gasteiger partial charge >= 0.3 is 0 Å². The van der Waals surface area contributed by atoms with E-state index >= 15 is 0 Å². The molecule has 0 unspecified atom stereocenters. The number of anilines is 1. The Morgan fingerprint density at radius 1 is 1.24 bits per heavy atom. The van der Waals surface area contributed by atoms with Crippen LogP contribution in [-0.4, -0.2) is 43.8 Å². The molecule has 2 aromatic rings. The highest BCUT2D eigenvalue weighted by molar-refractivity contribution is 7.93. The standard InChI is InChI=1S/C20H28N4O4S/c1-14-20(15(2)23(3)22-14)29(26,27)24(17-9-11-18(28-4)12-10-17)13-19(25)21-16-7-5-6-8-16/h9-12,16H,5-8,13H2,1-4H3,(H,21,25). The highest BCUT2D eigenvalue weighted by Gasteiger charge is 2.33. The molecule has 1 saturated carbocycles. The summed E-state index contributed by atoms with van der Waals surface area (Å²) in [5, 5.41) is 7.20. The minimum atomic E-state index is -3.99. The van der Waals surface area contributed by atoms with Crippen LogP contribution < -0.4 is 14.4 Å². The second kappa shape index (κ2) is 8.44. The number of aromatic nitrogens is 2. The molecule has 0 aliphatic heterocycles. The van der Waals surface area contributed by atoms with Crippen molar-refractivity contribution in [1.82, 2.24) is 15.1 Å². The molecule has 158 valence electrons.